The molecule has 296 valence electrons. The zero-order chi connectivity index (χ0) is 38.8. The van der Waals surface area contributed by atoms with Crippen LogP contribution in [0.1, 0.15) is 70.8 Å². The van der Waals surface area contributed by atoms with Crippen molar-refractivity contribution < 1.29 is 22.8 Å². The molecule has 3 aliphatic rings. The molecule has 0 bridgehead atoms. The zero-order valence-electron chi connectivity index (χ0n) is 31.7. The fourth-order valence-electron chi connectivity index (χ4n) is 7.17. The SMILES string of the molecule is CC(C)C[C@@H](NN([O-])[C@@H](Cc1ccccc1)NC(=O)[C@H](N)CC1=CC=CCC1)C(=O)N[C@H](CCCCN)C(=O)N1CC2(CCN(S(=O)(=O)N(C)C)C2)C1. The quantitative estimate of drug-likeness (QED) is 0.0732. The highest BCUT2D eigenvalue weighted by Crippen LogP contribution is 2.41. The van der Waals surface area contributed by atoms with Crippen molar-refractivity contribution in [2.75, 3.05) is 46.8 Å². The average molecular weight is 759 g/mol. The topological polar surface area (TPSA) is 210 Å². The number of nitrogens with two attached hydrogens (primary N) is 2. The number of nitrogens with one attached hydrogen (secondary N) is 3. The van der Waals surface area contributed by atoms with Crippen LogP contribution in [0, 0.1) is 16.5 Å². The second-order valence-corrected chi connectivity index (χ2v) is 17.5. The minimum absolute atomic E-state index is 0.00504. The molecule has 2 fully saturated rings. The number of benzene rings is 1. The largest absolute Gasteiger partial charge is 0.770 e. The Bertz CT molecular complexity index is 1550. The summed E-state index contributed by atoms with van der Waals surface area (Å²) in [6.45, 7) is 5.82. The van der Waals surface area contributed by atoms with Gasteiger partial charge >= 0.3 is 0 Å². The monoisotopic (exact) mass is 758 g/mol. The molecule has 0 unspecified atom stereocenters. The van der Waals surface area contributed by atoms with E-state index in [9.17, 15) is 28.0 Å². The van der Waals surface area contributed by atoms with Gasteiger partial charge in [0.05, 0.1) is 18.2 Å². The van der Waals surface area contributed by atoms with Crippen LogP contribution in [0.3, 0.4) is 0 Å². The number of hydrogen-bond donors (Lipinski definition) is 5. The molecule has 1 aliphatic carbocycles. The van der Waals surface area contributed by atoms with E-state index in [2.05, 4.69) is 22.1 Å². The summed E-state index contributed by atoms with van der Waals surface area (Å²) in [7, 11) is -0.550. The van der Waals surface area contributed by atoms with Crippen molar-refractivity contribution in [1.29, 1.82) is 0 Å². The summed E-state index contributed by atoms with van der Waals surface area (Å²) in [6.07, 6.45) is 9.67. The third kappa shape index (κ3) is 11.9. The highest BCUT2D eigenvalue weighted by molar-refractivity contribution is 7.86. The van der Waals surface area contributed by atoms with Crippen molar-refractivity contribution in [2.24, 2.45) is 22.8 Å². The molecule has 53 heavy (non-hydrogen) atoms. The molecule has 2 saturated heterocycles. The number of rotatable bonds is 20. The van der Waals surface area contributed by atoms with Gasteiger partial charge in [0.25, 0.3) is 10.2 Å². The van der Waals surface area contributed by atoms with E-state index in [0.29, 0.717) is 70.0 Å². The number of amides is 3. The van der Waals surface area contributed by atoms with Gasteiger partial charge in [-0.25, -0.2) is 0 Å². The third-order valence-electron chi connectivity index (χ3n) is 10.2. The van der Waals surface area contributed by atoms with Gasteiger partial charge in [-0.1, -0.05) is 68.0 Å². The third-order valence-corrected chi connectivity index (χ3v) is 12.1. The number of nitrogens with zero attached hydrogens (tertiary/aromatic N) is 4. The summed E-state index contributed by atoms with van der Waals surface area (Å²) < 4.78 is 28.1. The van der Waals surface area contributed by atoms with Crippen LogP contribution in [0.15, 0.2) is 54.1 Å². The van der Waals surface area contributed by atoms with Crippen LogP contribution in [-0.4, -0.2) is 116 Å². The van der Waals surface area contributed by atoms with E-state index in [1.807, 2.05) is 56.3 Å². The van der Waals surface area contributed by atoms with E-state index in [4.69, 9.17) is 11.5 Å². The van der Waals surface area contributed by atoms with Crippen LogP contribution in [0.25, 0.3) is 0 Å². The molecule has 1 aromatic rings. The van der Waals surface area contributed by atoms with Gasteiger partial charge in [0.1, 0.15) is 6.04 Å². The first kappa shape index (κ1) is 42.5. The number of hydrazine groups is 1. The Hall–Kier alpha value is -3.22. The molecule has 1 spiro atoms. The van der Waals surface area contributed by atoms with E-state index >= 15 is 0 Å². The summed E-state index contributed by atoms with van der Waals surface area (Å²) in [5.41, 5.74) is 16.4. The first-order chi connectivity index (χ1) is 25.1. The van der Waals surface area contributed by atoms with Crippen LogP contribution in [0.4, 0.5) is 0 Å². The molecular weight excluding hydrogens is 699 g/mol. The molecule has 0 saturated carbocycles. The summed E-state index contributed by atoms with van der Waals surface area (Å²) in [5.74, 6) is -1.23. The van der Waals surface area contributed by atoms with Gasteiger partial charge in [-0.05, 0) is 69.4 Å². The van der Waals surface area contributed by atoms with Crippen molar-refractivity contribution in [1.82, 2.24) is 34.7 Å². The molecule has 2 aliphatic heterocycles. The van der Waals surface area contributed by atoms with E-state index in [-0.39, 0.29) is 30.1 Å². The number of allylic oxidation sites excluding steroid dienone is 3. The molecular formula is C37H60N9O6S-. The lowest BCUT2D eigenvalue weighted by molar-refractivity contribution is -0.147. The molecule has 3 amide bonds. The summed E-state index contributed by atoms with van der Waals surface area (Å²) >= 11 is 0. The van der Waals surface area contributed by atoms with Gasteiger partial charge in [0.2, 0.25) is 17.7 Å². The van der Waals surface area contributed by atoms with Crippen molar-refractivity contribution in [3.05, 3.63) is 64.9 Å². The summed E-state index contributed by atoms with van der Waals surface area (Å²) in [6, 6.07) is 6.53. The van der Waals surface area contributed by atoms with Crippen LogP contribution >= 0.6 is 0 Å². The molecule has 0 radical (unpaired) electrons. The fourth-order valence-corrected chi connectivity index (χ4v) is 8.40. The van der Waals surface area contributed by atoms with Crippen LogP contribution in [0.2, 0.25) is 0 Å². The molecule has 2 heterocycles. The Morgan fingerprint density at radius 1 is 1.00 bits per heavy atom. The lowest BCUT2D eigenvalue weighted by Gasteiger charge is -2.49. The average Bonchev–Trinajstić information content (AvgIpc) is 3.57. The van der Waals surface area contributed by atoms with Crippen molar-refractivity contribution in [3.8, 4) is 0 Å². The Morgan fingerprint density at radius 3 is 2.34 bits per heavy atom. The predicted molar refractivity (Wildman–Crippen MR) is 205 cm³/mol. The number of hydrogen-bond acceptors (Lipinski definition) is 10. The number of likely N-dealkylation sites (tertiary alicyclic amines) is 1. The van der Waals surface area contributed by atoms with Crippen LogP contribution < -0.4 is 27.5 Å². The number of carbonyl (C=O) groups excluding carboxylic acids is 3. The zero-order valence-corrected chi connectivity index (χ0v) is 32.5. The van der Waals surface area contributed by atoms with E-state index < -0.39 is 46.3 Å². The lowest BCUT2D eigenvalue weighted by atomic mass is 9.78. The Morgan fingerprint density at radius 2 is 1.72 bits per heavy atom. The summed E-state index contributed by atoms with van der Waals surface area (Å²) in [4.78, 5) is 42.8. The molecule has 16 heteroatoms. The number of carbonyl (C=O) groups is 3. The Labute approximate surface area is 315 Å². The lowest BCUT2D eigenvalue weighted by Crippen LogP contribution is -2.65. The van der Waals surface area contributed by atoms with Crippen LogP contribution in [-0.2, 0) is 31.0 Å². The first-order valence-corrected chi connectivity index (χ1v) is 20.2. The van der Waals surface area contributed by atoms with Crippen LogP contribution in [0.5, 0.6) is 0 Å². The van der Waals surface area contributed by atoms with Gasteiger partial charge in [-0.15, -0.1) is 0 Å². The highest BCUT2D eigenvalue weighted by atomic mass is 32.2. The van der Waals surface area contributed by atoms with Crippen molar-refractivity contribution >= 4 is 27.9 Å². The van der Waals surface area contributed by atoms with Crippen molar-refractivity contribution in [2.45, 2.75) is 95.9 Å². The predicted octanol–water partition coefficient (Wildman–Crippen LogP) is 1.34. The Kier molecular flexibility index (Phi) is 15.6. The Balaban J connectivity index is 1.45. The molecule has 7 N–H and O–H groups in total. The maximum absolute atomic E-state index is 14.0. The molecule has 4 rings (SSSR count). The smallest absolute Gasteiger partial charge is 0.281 e. The minimum atomic E-state index is -3.56. The standard InChI is InChI=1S/C37H60N9O6S/c1-27(2)21-32(42-46(50)33(23-29-15-9-6-10-16-29)41-34(47)30(39)22-28-13-7-5-8-14-28)35(48)40-31(17-11-12-19-38)36(49)44-24-37(25-44)18-20-45(26-37)53(51,52)43(3)4/h5-7,9-10,13,15-16,27,30-33,42H,8,11-12,14,17-26,38-39H2,1-4H3,(H,40,48)(H,41,47)/q-1/t30-,31-,32-,33+/m1/s1. The fraction of sp³-hybridized carbons (Fsp3) is 0.649. The minimum Gasteiger partial charge on any atom is -0.770 e. The molecule has 4 atom stereocenters. The maximum Gasteiger partial charge on any atom is 0.281 e. The number of hydroxylamine groups is 1. The first-order valence-electron chi connectivity index (χ1n) is 18.8. The normalized spacial score (nSPS) is 19.6. The van der Waals surface area contributed by atoms with Gasteiger partial charge in [-0.3, -0.25) is 25.0 Å². The highest BCUT2D eigenvalue weighted by Gasteiger charge is 2.52. The van der Waals surface area contributed by atoms with Crippen molar-refractivity contribution in [3.63, 3.8) is 0 Å². The maximum atomic E-state index is 14.0. The molecule has 15 nitrogen and oxygen atoms in total. The van der Waals surface area contributed by atoms with Gasteiger partial charge in [-0.2, -0.15) is 17.0 Å². The van der Waals surface area contributed by atoms with E-state index in [1.54, 1.807) is 4.90 Å². The number of unbranched alkanes of at least 4 members (excludes halogenated alkanes) is 1. The summed E-state index contributed by atoms with van der Waals surface area (Å²) in [5, 5.41) is 20.1. The van der Waals surface area contributed by atoms with Gasteiger partial charge in [0, 0.05) is 52.1 Å². The second-order valence-electron chi connectivity index (χ2n) is 15.4. The second kappa shape index (κ2) is 19.4. The van der Waals surface area contributed by atoms with Gasteiger partial charge in [0.15, 0.2) is 0 Å². The van der Waals surface area contributed by atoms with E-state index in [1.165, 1.54) is 22.7 Å². The molecule has 1 aromatic carbocycles. The van der Waals surface area contributed by atoms with Gasteiger partial charge < -0.3 is 32.2 Å². The molecule has 0 aromatic heterocycles. The van der Waals surface area contributed by atoms with E-state index in [0.717, 1.165) is 24.0 Å².